The number of urea groups is 1. The Kier molecular flexibility index (Phi) is 4.52. The van der Waals surface area contributed by atoms with Crippen LogP contribution in [0.5, 0.6) is 0 Å². The lowest BCUT2D eigenvalue weighted by atomic mass is 10.1. The lowest BCUT2D eigenvalue weighted by Gasteiger charge is -2.34. The van der Waals surface area contributed by atoms with E-state index in [1.807, 2.05) is 27.7 Å². The highest BCUT2D eigenvalue weighted by atomic mass is 16.2. The monoisotopic (exact) mass is 184 g/mol. The van der Waals surface area contributed by atoms with Crippen LogP contribution in [0.25, 0.3) is 0 Å². The third-order valence-corrected chi connectivity index (χ3v) is 1.69. The summed E-state index contributed by atoms with van der Waals surface area (Å²) in [4.78, 5) is 13.3. The van der Waals surface area contributed by atoms with Gasteiger partial charge in [0.2, 0.25) is 0 Å². The summed E-state index contributed by atoms with van der Waals surface area (Å²) in [5.74, 6) is 0. The first kappa shape index (κ1) is 12.0. The summed E-state index contributed by atoms with van der Waals surface area (Å²) in [5.41, 5.74) is -0.159. The van der Waals surface area contributed by atoms with Gasteiger partial charge in [-0.2, -0.15) is 0 Å². The smallest absolute Gasteiger partial charge is 0.318 e. The maximum atomic E-state index is 11.5. The van der Waals surface area contributed by atoms with Gasteiger partial charge in [-0.15, -0.1) is 6.58 Å². The molecule has 0 rings (SSSR count). The van der Waals surface area contributed by atoms with Gasteiger partial charge < -0.3 is 10.2 Å². The van der Waals surface area contributed by atoms with Crippen LogP contribution in [0.3, 0.4) is 0 Å². The maximum Gasteiger partial charge on any atom is 0.318 e. The van der Waals surface area contributed by atoms with Gasteiger partial charge in [-0.25, -0.2) is 4.79 Å². The van der Waals surface area contributed by atoms with Crippen molar-refractivity contribution in [3.63, 3.8) is 0 Å². The molecule has 2 amide bonds. The molecule has 0 spiro atoms. The second-order valence-electron chi connectivity index (χ2n) is 3.91. The van der Waals surface area contributed by atoms with Gasteiger partial charge in [0, 0.05) is 18.6 Å². The minimum absolute atomic E-state index is 0.0325. The molecule has 1 N–H and O–H groups in total. The van der Waals surface area contributed by atoms with E-state index in [0.29, 0.717) is 13.1 Å². The van der Waals surface area contributed by atoms with Crippen molar-refractivity contribution >= 4 is 6.03 Å². The Morgan fingerprint density at radius 3 is 2.38 bits per heavy atom. The Morgan fingerprint density at radius 2 is 2.08 bits per heavy atom. The molecule has 13 heavy (non-hydrogen) atoms. The number of hydrogen-bond acceptors (Lipinski definition) is 1. The van der Waals surface area contributed by atoms with Gasteiger partial charge in [-0.1, -0.05) is 6.08 Å². The predicted octanol–water partition coefficient (Wildman–Crippen LogP) is 2.00. The average molecular weight is 184 g/mol. The Labute approximate surface area is 80.8 Å². The van der Waals surface area contributed by atoms with Crippen LogP contribution in [-0.2, 0) is 0 Å². The minimum Gasteiger partial charge on any atom is -0.338 e. The van der Waals surface area contributed by atoms with Crippen molar-refractivity contribution in [3.8, 4) is 0 Å². The summed E-state index contributed by atoms with van der Waals surface area (Å²) in [6.07, 6.45) is 1.74. The van der Waals surface area contributed by atoms with Gasteiger partial charge in [0.25, 0.3) is 0 Å². The highest BCUT2D eigenvalue weighted by molar-refractivity contribution is 5.75. The molecule has 0 aromatic heterocycles. The maximum absolute atomic E-state index is 11.5. The third-order valence-electron chi connectivity index (χ3n) is 1.69. The Hall–Kier alpha value is -0.990. The molecule has 0 aromatic rings. The fourth-order valence-corrected chi connectivity index (χ4v) is 1.04. The molecule has 76 valence electrons. The molecule has 0 radical (unpaired) electrons. The van der Waals surface area contributed by atoms with Crippen molar-refractivity contribution in [2.24, 2.45) is 0 Å². The van der Waals surface area contributed by atoms with Crippen LogP contribution in [0.4, 0.5) is 4.79 Å². The van der Waals surface area contributed by atoms with Gasteiger partial charge in [0.15, 0.2) is 0 Å². The summed E-state index contributed by atoms with van der Waals surface area (Å²) in [6.45, 7) is 12.8. The Morgan fingerprint density at radius 1 is 1.54 bits per heavy atom. The molecule has 0 saturated carbocycles. The molecule has 0 saturated heterocycles. The molecule has 0 atom stereocenters. The normalized spacial score (nSPS) is 10.8. The van der Waals surface area contributed by atoms with Crippen LogP contribution >= 0.6 is 0 Å². The number of hydrogen-bond donors (Lipinski definition) is 1. The van der Waals surface area contributed by atoms with E-state index in [4.69, 9.17) is 0 Å². The van der Waals surface area contributed by atoms with Crippen molar-refractivity contribution in [2.45, 2.75) is 33.2 Å². The van der Waals surface area contributed by atoms with E-state index in [2.05, 4.69) is 11.9 Å². The summed E-state index contributed by atoms with van der Waals surface area (Å²) in [5, 5.41) is 2.78. The van der Waals surface area contributed by atoms with Gasteiger partial charge in [-0.05, 0) is 27.7 Å². The quantitative estimate of drug-likeness (QED) is 0.668. The number of rotatable bonds is 3. The zero-order chi connectivity index (χ0) is 10.5. The van der Waals surface area contributed by atoms with Crippen molar-refractivity contribution < 1.29 is 4.79 Å². The second-order valence-corrected chi connectivity index (χ2v) is 3.91. The van der Waals surface area contributed by atoms with E-state index in [1.54, 1.807) is 11.0 Å². The zero-order valence-corrected chi connectivity index (χ0v) is 9.05. The van der Waals surface area contributed by atoms with Crippen molar-refractivity contribution in [3.05, 3.63) is 12.7 Å². The van der Waals surface area contributed by atoms with E-state index >= 15 is 0 Å². The highest BCUT2D eigenvalue weighted by Gasteiger charge is 2.24. The number of carbonyl (C=O) groups excluding carboxylic acids is 1. The molecule has 0 aliphatic rings. The van der Waals surface area contributed by atoms with Crippen LogP contribution < -0.4 is 5.32 Å². The Balaban J connectivity index is 4.41. The highest BCUT2D eigenvalue weighted by Crippen LogP contribution is 2.12. The molecular weight excluding hydrogens is 164 g/mol. The number of carbonyl (C=O) groups is 1. The molecule has 0 aliphatic heterocycles. The van der Waals surface area contributed by atoms with E-state index in [-0.39, 0.29) is 11.6 Å². The van der Waals surface area contributed by atoms with Crippen LogP contribution in [0.2, 0.25) is 0 Å². The predicted molar refractivity (Wildman–Crippen MR) is 55.7 cm³/mol. The van der Waals surface area contributed by atoms with Crippen LogP contribution in [-0.4, -0.2) is 29.6 Å². The summed E-state index contributed by atoms with van der Waals surface area (Å²) in [7, 11) is 0. The summed E-state index contributed by atoms with van der Waals surface area (Å²) in [6, 6.07) is -0.0325. The van der Waals surface area contributed by atoms with Gasteiger partial charge in [0.1, 0.15) is 0 Å². The average Bonchev–Trinajstić information content (AvgIpc) is 1.98. The topological polar surface area (TPSA) is 32.3 Å². The van der Waals surface area contributed by atoms with Crippen LogP contribution in [0.15, 0.2) is 12.7 Å². The molecule has 0 heterocycles. The largest absolute Gasteiger partial charge is 0.338 e. The zero-order valence-electron chi connectivity index (χ0n) is 9.05. The molecule has 3 heteroatoms. The van der Waals surface area contributed by atoms with Crippen molar-refractivity contribution in [1.29, 1.82) is 0 Å². The molecule has 0 bridgehead atoms. The molecule has 3 nitrogen and oxygen atoms in total. The second kappa shape index (κ2) is 4.90. The fraction of sp³-hybridized carbons (Fsp3) is 0.700. The lowest BCUT2D eigenvalue weighted by molar-refractivity contribution is 0.155. The van der Waals surface area contributed by atoms with E-state index in [1.165, 1.54) is 0 Å². The van der Waals surface area contributed by atoms with E-state index < -0.39 is 0 Å². The number of nitrogens with zero attached hydrogens (tertiary/aromatic N) is 1. The molecule has 0 fully saturated rings. The summed E-state index contributed by atoms with van der Waals surface area (Å²) < 4.78 is 0. The molecule has 0 unspecified atom stereocenters. The van der Waals surface area contributed by atoms with Crippen LogP contribution in [0.1, 0.15) is 27.7 Å². The lowest BCUT2D eigenvalue weighted by Crippen LogP contribution is -2.50. The molecule has 0 aliphatic carbocycles. The van der Waals surface area contributed by atoms with Crippen molar-refractivity contribution in [2.75, 3.05) is 13.1 Å². The molecular formula is C10H20N2O. The van der Waals surface area contributed by atoms with E-state index in [0.717, 1.165) is 0 Å². The minimum atomic E-state index is -0.159. The van der Waals surface area contributed by atoms with Crippen molar-refractivity contribution in [1.82, 2.24) is 10.2 Å². The molecule has 0 aromatic carbocycles. The first-order valence-corrected chi connectivity index (χ1v) is 4.59. The number of nitrogens with one attached hydrogen (secondary N) is 1. The van der Waals surface area contributed by atoms with Gasteiger partial charge >= 0.3 is 6.03 Å². The van der Waals surface area contributed by atoms with Gasteiger partial charge in [0.05, 0.1) is 0 Å². The first-order chi connectivity index (χ1) is 5.93. The third kappa shape index (κ3) is 3.97. The fourth-order valence-electron chi connectivity index (χ4n) is 1.04. The van der Waals surface area contributed by atoms with E-state index in [9.17, 15) is 4.79 Å². The summed E-state index contributed by atoms with van der Waals surface area (Å²) >= 11 is 0. The van der Waals surface area contributed by atoms with Gasteiger partial charge in [-0.3, -0.25) is 0 Å². The number of amides is 2. The standard InChI is InChI=1S/C10H20N2O/c1-6-8-12(10(3,4)5)9(13)11-7-2/h6H,1,7-8H2,2-5H3,(H,11,13). The first-order valence-electron chi connectivity index (χ1n) is 4.59. The Bertz CT molecular complexity index is 182. The van der Waals surface area contributed by atoms with Crippen LogP contribution in [0, 0.1) is 0 Å². The SMILES string of the molecule is C=CCN(C(=O)NCC)C(C)(C)C.